The number of carbonyl (C=O) groups is 2. The van der Waals surface area contributed by atoms with E-state index in [0.717, 1.165) is 22.9 Å². The number of halogens is 2. The minimum absolute atomic E-state index is 0.177. The van der Waals surface area contributed by atoms with Crippen LogP contribution in [0.5, 0.6) is 0 Å². The van der Waals surface area contributed by atoms with Gasteiger partial charge in [-0.05, 0) is 65.9 Å². The van der Waals surface area contributed by atoms with Crippen molar-refractivity contribution in [3.05, 3.63) is 86.9 Å². The largest absolute Gasteiger partial charge is 0.457 e. The molecular formula is C21H13Cl2NO3S. The Morgan fingerprint density at radius 2 is 1.75 bits per heavy atom. The van der Waals surface area contributed by atoms with E-state index < -0.39 is 0 Å². The fourth-order valence-electron chi connectivity index (χ4n) is 2.78. The number of hydrogen-bond acceptors (Lipinski definition) is 4. The zero-order chi connectivity index (χ0) is 19.7. The number of furan rings is 1. The van der Waals surface area contributed by atoms with E-state index in [4.69, 9.17) is 27.6 Å². The molecule has 0 saturated carbocycles. The first-order valence-corrected chi connectivity index (χ1v) is 9.92. The van der Waals surface area contributed by atoms with E-state index in [2.05, 4.69) is 0 Å². The second kappa shape index (κ2) is 7.87. The summed E-state index contributed by atoms with van der Waals surface area (Å²) in [6.07, 6.45) is 1.59. The van der Waals surface area contributed by atoms with Crippen molar-refractivity contribution in [2.45, 2.75) is 6.54 Å². The third kappa shape index (κ3) is 4.02. The summed E-state index contributed by atoms with van der Waals surface area (Å²) in [6.45, 7) is 0.177. The lowest BCUT2D eigenvalue weighted by Crippen LogP contribution is -2.27. The van der Waals surface area contributed by atoms with Gasteiger partial charge < -0.3 is 4.42 Å². The molecule has 2 aromatic carbocycles. The quantitative estimate of drug-likeness (QED) is 0.444. The van der Waals surface area contributed by atoms with Crippen molar-refractivity contribution >= 4 is 52.2 Å². The lowest BCUT2D eigenvalue weighted by molar-refractivity contribution is -0.123. The highest BCUT2D eigenvalue weighted by Crippen LogP contribution is 2.34. The van der Waals surface area contributed by atoms with Crippen molar-refractivity contribution in [2.24, 2.45) is 0 Å². The summed E-state index contributed by atoms with van der Waals surface area (Å²) < 4.78 is 5.79. The topological polar surface area (TPSA) is 50.5 Å². The van der Waals surface area contributed by atoms with Crippen molar-refractivity contribution in [1.82, 2.24) is 4.90 Å². The smallest absolute Gasteiger partial charge is 0.293 e. The van der Waals surface area contributed by atoms with E-state index in [9.17, 15) is 9.59 Å². The lowest BCUT2D eigenvalue weighted by Gasteiger charge is -2.12. The van der Waals surface area contributed by atoms with Gasteiger partial charge in [-0.1, -0.05) is 35.3 Å². The summed E-state index contributed by atoms with van der Waals surface area (Å²) in [6, 6.07) is 17.9. The number of benzene rings is 2. The molecule has 2 heterocycles. The summed E-state index contributed by atoms with van der Waals surface area (Å²) >= 11 is 12.8. The highest BCUT2D eigenvalue weighted by atomic mass is 35.5. The van der Waals surface area contributed by atoms with Crippen molar-refractivity contribution in [1.29, 1.82) is 0 Å². The van der Waals surface area contributed by atoms with Gasteiger partial charge in [-0.25, -0.2) is 0 Å². The minimum atomic E-state index is -0.348. The number of carbonyl (C=O) groups excluding carboxylic acids is 2. The lowest BCUT2D eigenvalue weighted by atomic mass is 10.2. The summed E-state index contributed by atoms with van der Waals surface area (Å²) in [5.41, 5.74) is 1.66. The molecule has 0 spiro atoms. The minimum Gasteiger partial charge on any atom is -0.457 e. The van der Waals surface area contributed by atoms with E-state index in [1.165, 1.54) is 4.90 Å². The Balaban J connectivity index is 1.53. The van der Waals surface area contributed by atoms with Crippen LogP contribution in [0.3, 0.4) is 0 Å². The molecule has 0 radical (unpaired) electrons. The molecule has 0 N–H and O–H groups in total. The normalized spacial score (nSPS) is 15.6. The number of hydrogen-bond donors (Lipinski definition) is 0. The van der Waals surface area contributed by atoms with Crippen LogP contribution in [0.4, 0.5) is 4.79 Å². The highest BCUT2D eigenvalue weighted by Gasteiger charge is 2.35. The Labute approximate surface area is 175 Å². The van der Waals surface area contributed by atoms with Crippen LogP contribution in [0, 0.1) is 0 Å². The maximum absolute atomic E-state index is 12.7. The second-order valence-corrected chi connectivity index (χ2v) is 7.97. The predicted octanol–water partition coefficient (Wildman–Crippen LogP) is 6.49. The van der Waals surface area contributed by atoms with Gasteiger partial charge in [-0.3, -0.25) is 14.5 Å². The third-order valence-electron chi connectivity index (χ3n) is 4.13. The fourth-order valence-corrected chi connectivity index (χ4v) is 3.94. The molecule has 4 rings (SSSR count). The van der Waals surface area contributed by atoms with Crippen LogP contribution >= 0.6 is 35.0 Å². The van der Waals surface area contributed by atoms with Gasteiger partial charge in [0, 0.05) is 21.7 Å². The summed E-state index contributed by atoms with van der Waals surface area (Å²) in [5.74, 6) is 0.804. The number of nitrogens with zero attached hydrogens (tertiary/aromatic N) is 1. The van der Waals surface area contributed by atoms with E-state index in [1.807, 2.05) is 24.3 Å². The first-order valence-electron chi connectivity index (χ1n) is 8.35. The summed E-state index contributed by atoms with van der Waals surface area (Å²) in [7, 11) is 0. The van der Waals surface area contributed by atoms with Crippen molar-refractivity contribution < 1.29 is 14.0 Å². The van der Waals surface area contributed by atoms with Gasteiger partial charge in [0.15, 0.2) is 0 Å². The molecule has 140 valence electrons. The number of amides is 2. The molecule has 7 heteroatoms. The molecule has 1 fully saturated rings. The molecule has 1 aromatic heterocycles. The maximum atomic E-state index is 12.7. The molecule has 0 atom stereocenters. The molecule has 0 aliphatic carbocycles. The average molecular weight is 430 g/mol. The Bertz CT molecular complexity index is 1090. The van der Waals surface area contributed by atoms with Crippen molar-refractivity contribution in [3.8, 4) is 11.3 Å². The van der Waals surface area contributed by atoms with Gasteiger partial charge in [0.1, 0.15) is 11.5 Å². The van der Waals surface area contributed by atoms with E-state index in [0.29, 0.717) is 26.5 Å². The molecular weight excluding hydrogens is 417 g/mol. The Hall–Kier alpha value is -2.47. The Kier molecular flexibility index (Phi) is 5.31. The zero-order valence-corrected chi connectivity index (χ0v) is 16.7. The number of thioether (sulfide) groups is 1. The molecule has 2 amide bonds. The molecule has 1 saturated heterocycles. The van der Waals surface area contributed by atoms with E-state index in [-0.39, 0.29) is 17.7 Å². The molecule has 0 bridgehead atoms. The monoisotopic (exact) mass is 429 g/mol. The average Bonchev–Trinajstić information content (AvgIpc) is 3.23. The van der Waals surface area contributed by atoms with Gasteiger partial charge in [-0.2, -0.15) is 0 Å². The standard InChI is InChI=1S/C21H13Cl2NO3S/c22-15-6-4-14(5-7-15)18-9-8-17(27-18)11-19-20(25)24(21(26)28-19)12-13-2-1-3-16(23)10-13/h1-11H,12H2/b19-11-. The van der Waals surface area contributed by atoms with Gasteiger partial charge in [-0.15, -0.1) is 0 Å². The van der Waals surface area contributed by atoms with Crippen molar-refractivity contribution in [3.63, 3.8) is 0 Å². The van der Waals surface area contributed by atoms with Crippen LogP contribution in [0.1, 0.15) is 11.3 Å². The van der Waals surface area contributed by atoms with Gasteiger partial charge in [0.2, 0.25) is 0 Å². The summed E-state index contributed by atoms with van der Waals surface area (Å²) in [4.78, 5) is 26.5. The Morgan fingerprint density at radius 3 is 2.50 bits per heavy atom. The maximum Gasteiger partial charge on any atom is 0.293 e. The van der Waals surface area contributed by atoms with Crippen molar-refractivity contribution in [2.75, 3.05) is 0 Å². The van der Waals surface area contributed by atoms with E-state index in [1.54, 1.807) is 42.5 Å². The molecule has 0 unspecified atom stereocenters. The second-order valence-electron chi connectivity index (χ2n) is 6.11. The van der Waals surface area contributed by atoms with Gasteiger partial charge in [0.05, 0.1) is 11.4 Å². The van der Waals surface area contributed by atoms with Crippen LogP contribution in [0.25, 0.3) is 17.4 Å². The molecule has 3 aromatic rings. The van der Waals surface area contributed by atoms with Crippen LogP contribution in [0.15, 0.2) is 70.0 Å². The Morgan fingerprint density at radius 1 is 0.964 bits per heavy atom. The van der Waals surface area contributed by atoms with Gasteiger partial charge in [0.25, 0.3) is 11.1 Å². The molecule has 1 aliphatic rings. The fraction of sp³-hybridized carbons (Fsp3) is 0.0476. The molecule has 1 aliphatic heterocycles. The SMILES string of the molecule is O=C1S/C(=C\c2ccc(-c3ccc(Cl)cc3)o2)C(=O)N1Cc1cccc(Cl)c1. The third-order valence-corrected chi connectivity index (χ3v) is 5.53. The van der Waals surface area contributed by atoms with Crippen LogP contribution in [-0.4, -0.2) is 16.0 Å². The van der Waals surface area contributed by atoms with Crippen LogP contribution < -0.4 is 0 Å². The van der Waals surface area contributed by atoms with Gasteiger partial charge >= 0.3 is 0 Å². The number of rotatable bonds is 4. The van der Waals surface area contributed by atoms with Crippen LogP contribution in [-0.2, 0) is 11.3 Å². The first kappa shape index (κ1) is 18.9. The highest BCUT2D eigenvalue weighted by molar-refractivity contribution is 8.18. The van der Waals surface area contributed by atoms with E-state index >= 15 is 0 Å². The summed E-state index contributed by atoms with van der Waals surface area (Å²) in [5, 5.41) is 0.884. The zero-order valence-electron chi connectivity index (χ0n) is 14.4. The van der Waals surface area contributed by atoms with Crippen LogP contribution in [0.2, 0.25) is 10.0 Å². The predicted molar refractivity (Wildman–Crippen MR) is 112 cm³/mol. The molecule has 28 heavy (non-hydrogen) atoms. The molecule has 4 nitrogen and oxygen atoms in total. The first-order chi connectivity index (χ1) is 13.5. The number of imide groups is 1.